The molecule has 0 aromatic carbocycles. The van der Waals surface area contributed by atoms with Crippen molar-refractivity contribution >= 4 is 5.91 Å². The highest BCUT2D eigenvalue weighted by molar-refractivity contribution is 5.86. The van der Waals surface area contributed by atoms with E-state index >= 15 is 0 Å². The van der Waals surface area contributed by atoms with Gasteiger partial charge in [0.25, 0.3) is 0 Å². The van der Waals surface area contributed by atoms with Crippen LogP contribution in [0.2, 0.25) is 0 Å². The minimum absolute atomic E-state index is 0.248. The summed E-state index contributed by atoms with van der Waals surface area (Å²) >= 11 is 0. The third-order valence-corrected chi connectivity index (χ3v) is 3.30. The van der Waals surface area contributed by atoms with Crippen LogP contribution in [-0.4, -0.2) is 50.1 Å². The van der Waals surface area contributed by atoms with Crippen LogP contribution in [0.25, 0.3) is 0 Å². The molecule has 0 aliphatic carbocycles. The van der Waals surface area contributed by atoms with Crippen molar-refractivity contribution in [3.63, 3.8) is 0 Å². The van der Waals surface area contributed by atoms with Gasteiger partial charge in [0.1, 0.15) is 0 Å². The molecule has 1 saturated heterocycles. The molecule has 2 N–H and O–H groups in total. The summed E-state index contributed by atoms with van der Waals surface area (Å²) in [5.74, 6) is 0.248. The van der Waals surface area contributed by atoms with Crippen LogP contribution >= 0.6 is 0 Å². The van der Waals surface area contributed by atoms with Crippen molar-refractivity contribution in [3.05, 3.63) is 0 Å². The van der Waals surface area contributed by atoms with Crippen molar-refractivity contribution in [2.45, 2.75) is 31.7 Å². The second kappa shape index (κ2) is 5.47. The first-order chi connectivity index (χ1) is 7.16. The zero-order valence-corrected chi connectivity index (χ0v) is 10.1. The molecule has 4 nitrogen and oxygen atoms in total. The van der Waals surface area contributed by atoms with Crippen molar-refractivity contribution < 1.29 is 4.79 Å². The molecule has 1 fully saturated rings. The Hall–Kier alpha value is -0.610. The van der Waals surface area contributed by atoms with Crippen molar-refractivity contribution in [3.8, 4) is 0 Å². The monoisotopic (exact) mass is 213 g/mol. The van der Waals surface area contributed by atoms with Crippen LogP contribution in [0.15, 0.2) is 0 Å². The van der Waals surface area contributed by atoms with Gasteiger partial charge in [0.2, 0.25) is 5.91 Å². The number of hydrogen-bond donors (Lipinski definition) is 2. The van der Waals surface area contributed by atoms with Crippen LogP contribution in [0.5, 0.6) is 0 Å². The predicted octanol–water partition coefficient (Wildman–Crippen LogP) is 0.196. The van der Waals surface area contributed by atoms with E-state index in [2.05, 4.69) is 17.6 Å². The third kappa shape index (κ3) is 2.69. The van der Waals surface area contributed by atoms with Crippen LogP contribution in [0.1, 0.15) is 26.2 Å². The molecule has 1 heterocycles. The number of carbonyl (C=O) groups excluding carboxylic acids is 1. The predicted molar refractivity (Wildman–Crippen MR) is 61.8 cm³/mol. The topological polar surface area (TPSA) is 44.4 Å². The van der Waals surface area contributed by atoms with Crippen LogP contribution in [-0.2, 0) is 4.79 Å². The summed E-state index contributed by atoms with van der Waals surface area (Å²) in [5.41, 5.74) is -0.275. The van der Waals surface area contributed by atoms with Crippen molar-refractivity contribution in [2.75, 3.05) is 33.7 Å². The first kappa shape index (κ1) is 12.5. The first-order valence-electron chi connectivity index (χ1n) is 5.81. The molecule has 88 valence electrons. The minimum atomic E-state index is -0.275. The van der Waals surface area contributed by atoms with Crippen LogP contribution < -0.4 is 10.6 Å². The van der Waals surface area contributed by atoms with E-state index in [-0.39, 0.29) is 11.4 Å². The normalized spacial score (nSPS) is 25.5. The summed E-state index contributed by atoms with van der Waals surface area (Å²) < 4.78 is 0. The van der Waals surface area contributed by atoms with Gasteiger partial charge in [0.15, 0.2) is 0 Å². The van der Waals surface area contributed by atoms with Gasteiger partial charge in [0, 0.05) is 20.1 Å². The maximum Gasteiger partial charge on any atom is 0.242 e. The molecule has 1 atom stereocenters. The standard InChI is InChI=1S/C11H23N3O/c1-4-11(6-5-7-13-11)10(15)14(3)9-8-12-2/h12-13H,4-9H2,1-3H3. The number of nitrogens with one attached hydrogen (secondary N) is 2. The first-order valence-corrected chi connectivity index (χ1v) is 5.81. The Labute approximate surface area is 92.4 Å². The van der Waals surface area contributed by atoms with E-state index in [0.717, 1.165) is 38.9 Å². The lowest BCUT2D eigenvalue weighted by Gasteiger charge is -2.31. The summed E-state index contributed by atoms with van der Waals surface area (Å²) in [6, 6.07) is 0. The maximum absolute atomic E-state index is 12.2. The molecule has 1 amide bonds. The maximum atomic E-state index is 12.2. The van der Waals surface area contributed by atoms with Crippen LogP contribution in [0, 0.1) is 0 Å². The minimum Gasteiger partial charge on any atom is -0.343 e. The lowest BCUT2D eigenvalue weighted by Crippen LogP contribution is -2.54. The number of hydrogen-bond acceptors (Lipinski definition) is 3. The Balaban J connectivity index is 2.56. The fourth-order valence-corrected chi connectivity index (χ4v) is 2.19. The van der Waals surface area contributed by atoms with E-state index in [1.165, 1.54) is 0 Å². The lowest BCUT2D eigenvalue weighted by molar-refractivity contribution is -0.136. The molecule has 15 heavy (non-hydrogen) atoms. The van der Waals surface area contributed by atoms with Crippen molar-refractivity contribution in [2.24, 2.45) is 0 Å². The van der Waals surface area contributed by atoms with Crippen molar-refractivity contribution in [1.82, 2.24) is 15.5 Å². The molecule has 0 radical (unpaired) electrons. The highest BCUT2D eigenvalue weighted by Gasteiger charge is 2.40. The van der Waals surface area contributed by atoms with Gasteiger partial charge < -0.3 is 15.5 Å². The van der Waals surface area contributed by atoms with Gasteiger partial charge in [0.05, 0.1) is 5.54 Å². The van der Waals surface area contributed by atoms with Gasteiger partial charge in [-0.05, 0) is 32.9 Å². The van der Waals surface area contributed by atoms with E-state index < -0.39 is 0 Å². The molecule has 0 aromatic heterocycles. The van der Waals surface area contributed by atoms with Crippen LogP contribution in [0.4, 0.5) is 0 Å². The Bertz CT molecular complexity index is 212. The molecule has 1 aliphatic rings. The fourth-order valence-electron chi connectivity index (χ4n) is 2.19. The SMILES string of the molecule is CCC1(C(=O)N(C)CCNC)CCCN1. The Morgan fingerprint density at radius 2 is 2.33 bits per heavy atom. The molecule has 0 bridgehead atoms. The molecule has 0 spiro atoms. The summed E-state index contributed by atoms with van der Waals surface area (Å²) in [4.78, 5) is 14.1. The van der Waals surface area contributed by atoms with Gasteiger partial charge in [-0.2, -0.15) is 0 Å². The third-order valence-electron chi connectivity index (χ3n) is 3.30. The van der Waals surface area contributed by atoms with Gasteiger partial charge in [-0.1, -0.05) is 6.92 Å². The Kier molecular flexibility index (Phi) is 4.54. The van der Waals surface area contributed by atoms with Gasteiger partial charge in [-0.15, -0.1) is 0 Å². The zero-order chi connectivity index (χ0) is 11.3. The number of nitrogens with zero attached hydrogens (tertiary/aromatic N) is 1. The van der Waals surface area contributed by atoms with Crippen LogP contribution in [0.3, 0.4) is 0 Å². The van der Waals surface area contributed by atoms with E-state index in [4.69, 9.17) is 0 Å². The average Bonchev–Trinajstić information content (AvgIpc) is 2.74. The second-order valence-corrected chi connectivity index (χ2v) is 4.30. The van der Waals surface area contributed by atoms with E-state index in [9.17, 15) is 4.79 Å². The molecular formula is C11H23N3O. The van der Waals surface area contributed by atoms with E-state index in [1.54, 1.807) is 0 Å². The highest BCUT2D eigenvalue weighted by Crippen LogP contribution is 2.24. The summed E-state index contributed by atoms with van der Waals surface area (Å²) in [6.45, 7) is 4.68. The molecule has 1 aliphatic heterocycles. The largest absolute Gasteiger partial charge is 0.343 e. The molecule has 1 rings (SSSR count). The zero-order valence-electron chi connectivity index (χ0n) is 10.1. The molecule has 0 aromatic rings. The molecule has 0 saturated carbocycles. The number of rotatable bonds is 5. The Morgan fingerprint density at radius 1 is 1.60 bits per heavy atom. The summed E-state index contributed by atoms with van der Waals surface area (Å²) in [7, 11) is 3.79. The second-order valence-electron chi connectivity index (χ2n) is 4.30. The van der Waals surface area contributed by atoms with Crippen molar-refractivity contribution in [1.29, 1.82) is 0 Å². The fraction of sp³-hybridized carbons (Fsp3) is 0.909. The molecule has 4 heteroatoms. The number of carbonyl (C=O) groups is 1. The smallest absolute Gasteiger partial charge is 0.242 e. The average molecular weight is 213 g/mol. The van der Waals surface area contributed by atoms with Gasteiger partial charge in [-0.25, -0.2) is 0 Å². The molecule has 1 unspecified atom stereocenters. The summed E-state index contributed by atoms with van der Waals surface area (Å²) in [5, 5.41) is 6.43. The number of likely N-dealkylation sites (N-methyl/N-ethyl adjacent to an activating group) is 2. The number of amides is 1. The van der Waals surface area contributed by atoms with E-state index in [1.807, 2.05) is 19.0 Å². The Morgan fingerprint density at radius 3 is 2.80 bits per heavy atom. The molecular weight excluding hydrogens is 190 g/mol. The highest BCUT2D eigenvalue weighted by atomic mass is 16.2. The van der Waals surface area contributed by atoms with E-state index in [0.29, 0.717) is 0 Å². The van der Waals surface area contributed by atoms with Gasteiger partial charge >= 0.3 is 0 Å². The summed E-state index contributed by atoms with van der Waals surface area (Å²) in [6.07, 6.45) is 2.97. The lowest BCUT2D eigenvalue weighted by atomic mass is 9.92. The quantitative estimate of drug-likeness (QED) is 0.685. The van der Waals surface area contributed by atoms with Gasteiger partial charge in [-0.3, -0.25) is 4.79 Å².